The normalized spacial score (nSPS) is 21.2. The highest BCUT2D eigenvalue weighted by molar-refractivity contribution is 6.04. The predicted octanol–water partition coefficient (Wildman–Crippen LogP) is 2.52. The molecule has 5 nitrogen and oxygen atoms in total. The number of benzene rings is 1. The van der Waals surface area contributed by atoms with Crippen LogP contribution in [0.5, 0.6) is 0 Å². The van der Waals surface area contributed by atoms with Gasteiger partial charge in [-0.05, 0) is 24.3 Å². The Bertz CT molecular complexity index is 1040. The SMILES string of the molecule is Cc1ccc(C2C3=C(CC(C)(C)CC3=O)n3c(=O)ccc(=O)n32)cc1. The molecule has 2 aromatic rings. The van der Waals surface area contributed by atoms with Crippen molar-refractivity contribution < 1.29 is 4.79 Å². The van der Waals surface area contributed by atoms with E-state index < -0.39 is 6.04 Å². The number of aromatic nitrogens is 2. The maximum absolute atomic E-state index is 12.9. The third-order valence-electron chi connectivity index (χ3n) is 5.08. The first-order valence-electron chi connectivity index (χ1n) is 8.47. The molecule has 1 atom stereocenters. The molecular weight excluding hydrogens is 316 g/mol. The van der Waals surface area contributed by atoms with Gasteiger partial charge in [0.25, 0.3) is 11.1 Å². The van der Waals surface area contributed by atoms with Gasteiger partial charge >= 0.3 is 0 Å². The Labute approximate surface area is 145 Å². The number of hydrogen-bond acceptors (Lipinski definition) is 3. The Morgan fingerprint density at radius 3 is 2.24 bits per heavy atom. The van der Waals surface area contributed by atoms with E-state index in [1.54, 1.807) is 0 Å². The molecule has 4 rings (SSSR count). The number of carbonyl (C=O) groups excluding carboxylic acids is 1. The van der Waals surface area contributed by atoms with E-state index in [2.05, 4.69) is 0 Å². The van der Waals surface area contributed by atoms with Gasteiger partial charge < -0.3 is 0 Å². The van der Waals surface area contributed by atoms with E-state index in [9.17, 15) is 14.4 Å². The average Bonchev–Trinajstić information content (AvgIpc) is 2.87. The van der Waals surface area contributed by atoms with Crippen LogP contribution in [-0.2, 0) is 4.79 Å². The van der Waals surface area contributed by atoms with E-state index in [-0.39, 0.29) is 22.3 Å². The Kier molecular flexibility index (Phi) is 3.26. The summed E-state index contributed by atoms with van der Waals surface area (Å²) in [6.07, 6.45) is 1.02. The van der Waals surface area contributed by atoms with Gasteiger partial charge in [0.2, 0.25) is 0 Å². The highest BCUT2D eigenvalue weighted by Crippen LogP contribution is 2.46. The Hall–Kier alpha value is -2.69. The molecule has 1 aromatic heterocycles. The van der Waals surface area contributed by atoms with Gasteiger partial charge in [-0.3, -0.25) is 14.4 Å². The molecule has 0 amide bonds. The van der Waals surface area contributed by atoms with E-state index >= 15 is 0 Å². The number of allylic oxidation sites excluding steroid dienone is 2. The van der Waals surface area contributed by atoms with Crippen molar-refractivity contribution in [3.63, 3.8) is 0 Å². The van der Waals surface area contributed by atoms with Gasteiger partial charge in [0.15, 0.2) is 5.78 Å². The van der Waals surface area contributed by atoms with Crippen LogP contribution in [-0.4, -0.2) is 15.1 Å². The monoisotopic (exact) mass is 336 g/mol. The van der Waals surface area contributed by atoms with Crippen molar-refractivity contribution in [3.8, 4) is 0 Å². The maximum atomic E-state index is 12.9. The van der Waals surface area contributed by atoms with Gasteiger partial charge in [-0.15, -0.1) is 0 Å². The Morgan fingerprint density at radius 1 is 0.920 bits per heavy atom. The summed E-state index contributed by atoms with van der Waals surface area (Å²) in [6, 6.07) is 9.82. The van der Waals surface area contributed by atoms with Crippen LogP contribution >= 0.6 is 0 Å². The molecule has 0 radical (unpaired) electrons. The molecule has 1 aliphatic carbocycles. The lowest BCUT2D eigenvalue weighted by Gasteiger charge is -2.30. The van der Waals surface area contributed by atoms with Crippen molar-refractivity contribution in [1.29, 1.82) is 0 Å². The first kappa shape index (κ1) is 15.8. The largest absolute Gasteiger partial charge is 0.294 e. The molecule has 25 heavy (non-hydrogen) atoms. The average molecular weight is 336 g/mol. The molecule has 0 spiro atoms. The fourth-order valence-corrected chi connectivity index (χ4v) is 3.98. The van der Waals surface area contributed by atoms with E-state index in [1.165, 1.54) is 21.5 Å². The molecule has 5 heteroatoms. The fraction of sp³-hybridized carbons (Fsp3) is 0.350. The minimum absolute atomic E-state index is 0.0202. The number of rotatable bonds is 1. The van der Waals surface area contributed by atoms with Gasteiger partial charge in [0.05, 0.1) is 5.70 Å². The Morgan fingerprint density at radius 2 is 1.56 bits per heavy atom. The first-order valence-corrected chi connectivity index (χ1v) is 8.47. The number of nitrogens with zero attached hydrogens (tertiary/aromatic N) is 2. The van der Waals surface area contributed by atoms with Crippen LogP contribution < -0.4 is 11.1 Å². The summed E-state index contributed by atoms with van der Waals surface area (Å²) < 4.78 is 2.86. The van der Waals surface area contributed by atoms with Gasteiger partial charge in [-0.1, -0.05) is 43.7 Å². The molecule has 0 N–H and O–H groups in total. The van der Waals surface area contributed by atoms with Crippen LogP contribution in [0.15, 0.2) is 51.6 Å². The number of ketones is 1. The lowest BCUT2D eigenvalue weighted by atomic mass is 9.74. The fourth-order valence-electron chi connectivity index (χ4n) is 3.98. The van der Waals surface area contributed by atoms with E-state index in [1.807, 2.05) is 45.0 Å². The van der Waals surface area contributed by atoms with Gasteiger partial charge in [0, 0.05) is 24.1 Å². The zero-order chi connectivity index (χ0) is 17.9. The highest BCUT2D eigenvalue weighted by atomic mass is 16.2. The van der Waals surface area contributed by atoms with Crippen LogP contribution in [0, 0.1) is 12.3 Å². The summed E-state index contributed by atoms with van der Waals surface area (Å²) >= 11 is 0. The lowest BCUT2D eigenvalue weighted by molar-refractivity contribution is -0.118. The third kappa shape index (κ3) is 2.34. The summed E-state index contributed by atoms with van der Waals surface area (Å²) in [5, 5.41) is 0. The maximum Gasteiger partial charge on any atom is 0.269 e. The summed E-state index contributed by atoms with van der Waals surface area (Å²) in [4.78, 5) is 38.1. The molecule has 128 valence electrons. The second-order valence-corrected chi connectivity index (χ2v) is 7.78. The second-order valence-electron chi connectivity index (χ2n) is 7.78. The van der Waals surface area contributed by atoms with Crippen LogP contribution in [0.3, 0.4) is 0 Å². The molecule has 0 saturated carbocycles. The van der Waals surface area contributed by atoms with E-state index in [0.717, 1.165) is 11.1 Å². The van der Waals surface area contributed by atoms with Gasteiger partial charge in [-0.25, -0.2) is 9.36 Å². The number of Topliss-reactive ketones (excluding diaryl/α,β-unsaturated/α-hetero) is 1. The molecule has 1 aliphatic heterocycles. The molecule has 0 fully saturated rings. The molecule has 1 unspecified atom stereocenters. The summed E-state index contributed by atoms with van der Waals surface area (Å²) in [7, 11) is 0. The van der Waals surface area contributed by atoms with Crippen molar-refractivity contribution in [3.05, 3.63) is 73.8 Å². The van der Waals surface area contributed by atoms with Gasteiger partial charge in [0.1, 0.15) is 6.04 Å². The van der Waals surface area contributed by atoms with Crippen LogP contribution in [0.4, 0.5) is 0 Å². The number of hydrogen-bond donors (Lipinski definition) is 0. The summed E-state index contributed by atoms with van der Waals surface area (Å²) in [5.74, 6) is 0.0202. The lowest BCUT2D eigenvalue weighted by Crippen LogP contribution is -2.36. The quantitative estimate of drug-likeness (QED) is 0.804. The minimum atomic E-state index is -0.527. The molecule has 2 heterocycles. The molecule has 2 aliphatic rings. The van der Waals surface area contributed by atoms with Crippen molar-refractivity contribution >= 4 is 11.5 Å². The third-order valence-corrected chi connectivity index (χ3v) is 5.08. The van der Waals surface area contributed by atoms with Crippen LogP contribution in [0.2, 0.25) is 0 Å². The molecular formula is C20H20N2O3. The zero-order valence-electron chi connectivity index (χ0n) is 14.6. The molecule has 0 saturated heterocycles. The highest BCUT2D eigenvalue weighted by Gasteiger charge is 2.43. The van der Waals surface area contributed by atoms with Crippen molar-refractivity contribution in [2.45, 2.75) is 39.7 Å². The van der Waals surface area contributed by atoms with Gasteiger partial charge in [-0.2, -0.15) is 0 Å². The smallest absolute Gasteiger partial charge is 0.269 e. The molecule has 0 bridgehead atoms. The van der Waals surface area contributed by atoms with E-state index in [0.29, 0.717) is 24.1 Å². The molecule has 1 aromatic carbocycles. The number of fused-ring (bicyclic) bond motifs is 2. The van der Waals surface area contributed by atoms with Crippen LogP contribution in [0.25, 0.3) is 5.70 Å². The Balaban J connectivity index is 2.05. The number of aryl methyl sites for hydroxylation is 1. The zero-order valence-corrected chi connectivity index (χ0v) is 14.6. The standard InChI is InChI=1S/C20H20N2O3/c1-12-4-6-13(7-5-12)19-18-14(10-20(2,3)11-15(18)23)21-16(24)8-9-17(25)22(19)21/h4-9,19H,10-11H2,1-3H3. The predicted molar refractivity (Wildman–Crippen MR) is 95.5 cm³/mol. The van der Waals surface area contributed by atoms with Crippen molar-refractivity contribution in [2.24, 2.45) is 5.41 Å². The van der Waals surface area contributed by atoms with Crippen molar-refractivity contribution in [2.75, 3.05) is 0 Å². The second kappa shape index (κ2) is 5.15. The van der Waals surface area contributed by atoms with Crippen molar-refractivity contribution in [1.82, 2.24) is 9.36 Å². The minimum Gasteiger partial charge on any atom is -0.294 e. The number of carbonyl (C=O) groups is 1. The first-order chi connectivity index (χ1) is 11.8. The van der Waals surface area contributed by atoms with Crippen LogP contribution in [0.1, 0.15) is 43.9 Å². The topological polar surface area (TPSA) is 61.1 Å². The van der Waals surface area contributed by atoms with E-state index in [4.69, 9.17) is 0 Å². The summed E-state index contributed by atoms with van der Waals surface area (Å²) in [5.41, 5.74) is 2.45. The summed E-state index contributed by atoms with van der Waals surface area (Å²) in [6.45, 7) is 6.02.